The second-order valence-corrected chi connectivity index (χ2v) is 9.50. The van der Waals surface area contributed by atoms with Crippen molar-refractivity contribution in [2.24, 2.45) is 22.7 Å². The summed E-state index contributed by atoms with van der Waals surface area (Å²) in [6.45, 7) is 8.87. The molecule has 1 saturated carbocycles. The normalized spacial score (nSPS) is 21.1. The van der Waals surface area contributed by atoms with E-state index in [0.717, 1.165) is 41.2 Å². The molecule has 0 heterocycles. The number of benzene rings is 2. The lowest BCUT2D eigenvalue weighted by atomic mass is 9.75. The van der Waals surface area contributed by atoms with Crippen LogP contribution in [0.1, 0.15) is 51.2 Å². The van der Waals surface area contributed by atoms with Crippen molar-refractivity contribution in [3.8, 4) is 5.75 Å². The molecular weight excluding hydrogens is 412 g/mol. The first-order chi connectivity index (χ1) is 15.8. The Balaban J connectivity index is 1.88. The third kappa shape index (κ3) is 6.16. The number of carbonyl (C=O) groups excluding carboxylic acids is 1. The zero-order chi connectivity index (χ0) is 24.0. The van der Waals surface area contributed by atoms with Gasteiger partial charge in [0.25, 0.3) is 0 Å². The number of carbonyl (C=O) groups is 1. The zero-order valence-electron chi connectivity index (χ0n) is 20.9. The maximum absolute atomic E-state index is 13.3. The van der Waals surface area contributed by atoms with Crippen LogP contribution in [0.25, 0.3) is 0 Å². The Bertz CT molecular complexity index is 952. The van der Waals surface area contributed by atoms with E-state index in [-0.39, 0.29) is 18.6 Å². The predicted molar refractivity (Wildman–Crippen MR) is 135 cm³/mol. The molecule has 3 rings (SSSR count). The van der Waals surface area contributed by atoms with Crippen LogP contribution in [0.4, 0.5) is 5.69 Å². The van der Waals surface area contributed by atoms with Crippen LogP contribution in [0.2, 0.25) is 0 Å². The number of ether oxygens (including phenoxy) is 2. The summed E-state index contributed by atoms with van der Waals surface area (Å²) in [6, 6.07) is 15.8. The Kier molecular flexibility index (Phi) is 8.54. The predicted octanol–water partition coefficient (Wildman–Crippen LogP) is 5.89. The van der Waals surface area contributed by atoms with Crippen LogP contribution in [0.5, 0.6) is 5.75 Å². The highest BCUT2D eigenvalue weighted by Crippen LogP contribution is 2.35. The highest BCUT2D eigenvalue weighted by molar-refractivity contribution is 6.12. The van der Waals surface area contributed by atoms with Gasteiger partial charge in [0.15, 0.2) is 0 Å². The molecule has 5 heteroatoms. The molecule has 0 spiro atoms. The summed E-state index contributed by atoms with van der Waals surface area (Å²) < 4.78 is 11.4. The van der Waals surface area contributed by atoms with E-state index in [1.54, 1.807) is 14.2 Å². The zero-order valence-corrected chi connectivity index (χ0v) is 20.9. The minimum atomic E-state index is -0.210. The molecule has 0 aromatic heterocycles. The molecule has 178 valence electrons. The fourth-order valence-corrected chi connectivity index (χ4v) is 4.87. The van der Waals surface area contributed by atoms with Crippen molar-refractivity contribution in [3.63, 3.8) is 0 Å². The summed E-state index contributed by atoms with van der Waals surface area (Å²) in [7, 11) is 3.41. The van der Waals surface area contributed by atoms with Gasteiger partial charge in [0.2, 0.25) is 0 Å². The molecule has 3 atom stereocenters. The maximum Gasteiger partial charge on any atom is 0.326 e. The summed E-state index contributed by atoms with van der Waals surface area (Å²) in [6.07, 6.45) is 3.23. The molecule has 0 amide bonds. The van der Waals surface area contributed by atoms with Gasteiger partial charge in [-0.15, -0.1) is 0 Å². The fourth-order valence-electron chi connectivity index (χ4n) is 4.87. The summed E-state index contributed by atoms with van der Waals surface area (Å²) in [5, 5.41) is 0. The summed E-state index contributed by atoms with van der Waals surface area (Å²) >= 11 is 0. The minimum absolute atomic E-state index is 0.0250. The van der Waals surface area contributed by atoms with Gasteiger partial charge in [-0.25, -0.2) is 0 Å². The number of hydrogen-bond acceptors (Lipinski definition) is 4. The lowest BCUT2D eigenvalue weighted by molar-refractivity contribution is -0.154. The van der Waals surface area contributed by atoms with Crippen molar-refractivity contribution in [2.45, 2.75) is 53.1 Å². The largest absolute Gasteiger partial charge is 0.497 e. The molecule has 1 aliphatic rings. The second-order valence-electron chi connectivity index (χ2n) is 9.50. The molecule has 0 saturated heterocycles. The van der Waals surface area contributed by atoms with Gasteiger partial charge in [-0.3, -0.25) is 9.79 Å². The van der Waals surface area contributed by atoms with Gasteiger partial charge in [0.1, 0.15) is 24.2 Å². The van der Waals surface area contributed by atoms with Crippen LogP contribution >= 0.6 is 0 Å². The van der Waals surface area contributed by atoms with Gasteiger partial charge in [-0.1, -0.05) is 45.4 Å². The van der Waals surface area contributed by atoms with E-state index in [2.05, 4.69) is 25.8 Å². The number of aryl methyl sites for hydroxylation is 1. The maximum atomic E-state index is 13.3. The fraction of sp³-hybridized carbons (Fsp3) is 0.500. The smallest absolute Gasteiger partial charge is 0.326 e. The summed E-state index contributed by atoms with van der Waals surface area (Å²) in [4.78, 5) is 19.8. The van der Waals surface area contributed by atoms with E-state index < -0.39 is 0 Å². The quantitative estimate of drug-likeness (QED) is 0.300. The molecule has 0 aliphatic heterocycles. The first-order valence-corrected chi connectivity index (χ1v) is 12.0. The van der Waals surface area contributed by atoms with E-state index >= 15 is 0 Å². The summed E-state index contributed by atoms with van der Waals surface area (Å²) in [5.41, 5.74) is 2.94. The van der Waals surface area contributed by atoms with Gasteiger partial charge in [-0.2, -0.15) is 0 Å². The van der Waals surface area contributed by atoms with Crippen LogP contribution in [0, 0.1) is 24.7 Å². The highest BCUT2D eigenvalue weighted by atomic mass is 16.5. The van der Waals surface area contributed by atoms with Crippen LogP contribution in [0.15, 0.2) is 53.5 Å². The Labute approximate surface area is 198 Å². The Morgan fingerprint density at radius 2 is 1.82 bits per heavy atom. The van der Waals surface area contributed by atoms with E-state index in [0.29, 0.717) is 17.8 Å². The van der Waals surface area contributed by atoms with Crippen LogP contribution < -0.4 is 9.64 Å². The van der Waals surface area contributed by atoms with Gasteiger partial charge in [0, 0.05) is 18.3 Å². The topological polar surface area (TPSA) is 51.1 Å². The van der Waals surface area contributed by atoms with E-state index in [4.69, 9.17) is 9.47 Å². The van der Waals surface area contributed by atoms with Crippen molar-refractivity contribution in [3.05, 3.63) is 59.7 Å². The Morgan fingerprint density at radius 3 is 2.42 bits per heavy atom. The monoisotopic (exact) mass is 450 g/mol. The van der Waals surface area contributed by atoms with Gasteiger partial charge < -0.3 is 14.4 Å². The van der Waals surface area contributed by atoms with E-state index in [9.17, 15) is 4.79 Å². The number of esters is 1. The van der Waals surface area contributed by atoms with Crippen LogP contribution in [-0.2, 0) is 9.53 Å². The molecule has 0 N–H and O–H groups in total. The number of para-hydroxylation sites is 1. The van der Waals surface area contributed by atoms with Crippen molar-refractivity contribution in [1.29, 1.82) is 0 Å². The number of rotatable bonds is 7. The first kappa shape index (κ1) is 24.8. The number of hydrogen-bond donors (Lipinski definition) is 0. The second kappa shape index (κ2) is 11.4. The van der Waals surface area contributed by atoms with Crippen molar-refractivity contribution in [2.75, 3.05) is 25.6 Å². The number of anilines is 1. The average molecular weight is 451 g/mol. The molecule has 0 unspecified atom stereocenters. The molecule has 0 bridgehead atoms. The third-order valence-electron chi connectivity index (χ3n) is 6.75. The van der Waals surface area contributed by atoms with Gasteiger partial charge in [0.05, 0.1) is 7.11 Å². The molecule has 1 aliphatic carbocycles. The molecular formula is C28H38N2O3. The molecule has 2 aromatic carbocycles. The molecule has 5 nitrogen and oxygen atoms in total. The van der Waals surface area contributed by atoms with Crippen molar-refractivity contribution in [1.82, 2.24) is 0 Å². The molecule has 0 radical (unpaired) electrons. The number of amidine groups is 1. The number of methoxy groups -OCH3 is 1. The van der Waals surface area contributed by atoms with E-state index in [1.165, 1.54) is 6.42 Å². The third-order valence-corrected chi connectivity index (χ3v) is 6.75. The highest BCUT2D eigenvalue weighted by Gasteiger charge is 2.34. The first-order valence-electron chi connectivity index (χ1n) is 12.0. The van der Waals surface area contributed by atoms with E-state index in [1.807, 2.05) is 60.4 Å². The van der Waals surface area contributed by atoms with Crippen molar-refractivity contribution >= 4 is 17.5 Å². The van der Waals surface area contributed by atoms with Crippen LogP contribution in [-0.4, -0.2) is 38.6 Å². The summed E-state index contributed by atoms with van der Waals surface area (Å²) in [5.74, 6) is 2.78. The van der Waals surface area contributed by atoms with Crippen molar-refractivity contribution < 1.29 is 14.3 Å². The SMILES string of the molecule is CN=C(c1ccc(OC)cc1)N(CC(=O)O[C@@H]1C[C@H](C)CC[C@H]1C(C)C)c1ccccc1C. The van der Waals surface area contributed by atoms with Crippen LogP contribution in [0.3, 0.4) is 0 Å². The Hall–Kier alpha value is -2.82. The van der Waals surface area contributed by atoms with Gasteiger partial charge in [-0.05, 0) is 73.4 Å². The lowest BCUT2D eigenvalue weighted by Crippen LogP contribution is -2.41. The molecule has 1 fully saturated rings. The molecule has 33 heavy (non-hydrogen) atoms. The van der Waals surface area contributed by atoms with Gasteiger partial charge >= 0.3 is 5.97 Å². The average Bonchev–Trinajstić information content (AvgIpc) is 2.79. The minimum Gasteiger partial charge on any atom is -0.497 e. The Morgan fingerprint density at radius 1 is 1.12 bits per heavy atom. The number of aliphatic imine (C=N–C) groups is 1. The lowest BCUT2D eigenvalue weighted by Gasteiger charge is -2.37. The standard InChI is InChI=1S/C28H38N2O3/c1-19(2)24-16-11-20(3)17-26(24)33-27(31)18-30(25-10-8-7-9-21(25)4)28(29-5)22-12-14-23(32-6)15-13-22/h7-10,12-15,19-20,24,26H,11,16-18H2,1-6H3/t20-,24+,26-/m1/s1. The molecule has 2 aromatic rings. The number of nitrogens with zero attached hydrogens (tertiary/aromatic N) is 2.